The van der Waals surface area contributed by atoms with Gasteiger partial charge in [0.2, 0.25) is 29.5 Å². The van der Waals surface area contributed by atoms with E-state index in [1.54, 1.807) is 34.9 Å². The number of benzene rings is 2. The third kappa shape index (κ3) is 14.0. The molecule has 3 saturated heterocycles. The highest BCUT2D eigenvalue weighted by molar-refractivity contribution is 7.99. The van der Waals surface area contributed by atoms with Crippen LogP contribution in [-0.4, -0.2) is 123 Å². The lowest BCUT2D eigenvalue weighted by Gasteiger charge is -2.39. The normalized spacial score (nSPS) is 18.7. The number of halogens is 1. The minimum atomic E-state index is -0.911. The lowest BCUT2D eigenvalue weighted by molar-refractivity contribution is -0.143. The molecular formula is C52H69ClN10O7S2. The maximum atomic E-state index is 13.8. The van der Waals surface area contributed by atoms with Crippen LogP contribution in [0.2, 0.25) is 5.02 Å². The highest BCUT2D eigenvalue weighted by atomic mass is 35.5. The van der Waals surface area contributed by atoms with Crippen molar-refractivity contribution in [1.82, 2.24) is 35.4 Å². The summed E-state index contributed by atoms with van der Waals surface area (Å²) in [5.74, 6) is -0.0202. The van der Waals surface area contributed by atoms with Gasteiger partial charge in [0.25, 0.3) is 0 Å². The largest absolute Gasteiger partial charge is 0.493 e. The van der Waals surface area contributed by atoms with E-state index < -0.39 is 41.3 Å². The molecule has 5 heterocycles. The van der Waals surface area contributed by atoms with Crippen LogP contribution in [0.3, 0.4) is 0 Å². The van der Waals surface area contributed by atoms with Gasteiger partial charge < -0.3 is 46.2 Å². The van der Waals surface area contributed by atoms with Crippen molar-refractivity contribution in [3.63, 3.8) is 0 Å². The molecule has 3 fully saturated rings. The number of hydrogen-bond acceptors (Lipinski definition) is 14. The summed E-state index contributed by atoms with van der Waals surface area (Å²) >= 11 is 9.65. The predicted molar refractivity (Wildman–Crippen MR) is 281 cm³/mol. The number of aliphatic hydroxyl groups is 1. The molecule has 72 heavy (non-hydrogen) atoms. The molecule has 0 radical (unpaired) electrons. The molecule has 0 saturated carbocycles. The fraction of sp³-hybridized carbons (Fsp3) is 0.538. The van der Waals surface area contributed by atoms with E-state index in [9.17, 15) is 29.1 Å². The number of ether oxygens (including phenoxy) is 1. The maximum absolute atomic E-state index is 13.8. The second-order valence-corrected chi connectivity index (χ2v) is 23.0. The Hall–Kier alpha value is -5.34. The molecule has 7 rings (SSSR count). The molecular weight excluding hydrogens is 976 g/mol. The number of hydrogen-bond donors (Lipinski definition) is 5. The summed E-state index contributed by atoms with van der Waals surface area (Å²) in [4.78, 5) is 86.8. The zero-order chi connectivity index (χ0) is 51.7. The fourth-order valence-electron chi connectivity index (χ4n) is 9.45. The maximum Gasteiger partial charge on any atom is 0.246 e. The van der Waals surface area contributed by atoms with Gasteiger partial charge >= 0.3 is 0 Å². The van der Waals surface area contributed by atoms with E-state index >= 15 is 0 Å². The second kappa shape index (κ2) is 24.1. The minimum Gasteiger partial charge on any atom is -0.493 e. The van der Waals surface area contributed by atoms with Crippen LogP contribution in [0.25, 0.3) is 10.4 Å². The van der Waals surface area contributed by atoms with Crippen LogP contribution in [-0.2, 0) is 30.5 Å². The number of aliphatic hydroxyl groups excluding tert-OH is 1. The van der Waals surface area contributed by atoms with Gasteiger partial charge in [-0.3, -0.25) is 24.0 Å². The summed E-state index contributed by atoms with van der Waals surface area (Å²) in [5, 5.41) is 20.2. The van der Waals surface area contributed by atoms with Crippen LogP contribution in [0.15, 0.2) is 64.2 Å². The molecule has 3 aliphatic rings. The predicted octanol–water partition coefficient (Wildman–Crippen LogP) is 6.83. The Labute approximate surface area is 435 Å². The average molecular weight is 1050 g/mol. The number of amides is 5. The summed E-state index contributed by atoms with van der Waals surface area (Å²) < 4.78 is 6.44. The Morgan fingerprint density at radius 2 is 1.79 bits per heavy atom. The number of anilines is 2. The Morgan fingerprint density at radius 1 is 1.04 bits per heavy atom. The number of nitrogens with zero attached hydrogens (tertiary/aromatic N) is 6. The van der Waals surface area contributed by atoms with Crippen LogP contribution < -0.4 is 31.3 Å². The number of carbonyl (C=O) groups is 5. The summed E-state index contributed by atoms with van der Waals surface area (Å²) in [6.45, 7) is 15.1. The van der Waals surface area contributed by atoms with Crippen molar-refractivity contribution in [2.75, 3.05) is 56.1 Å². The quantitative estimate of drug-likeness (QED) is 0.0510. The van der Waals surface area contributed by atoms with Gasteiger partial charge in [-0.05, 0) is 92.5 Å². The van der Waals surface area contributed by atoms with Crippen LogP contribution in [0.1, 0.15) is 97.2 Å². The number of nitrogens with two attached hydrogens (primary N) is 1. The first kappa shape index (κ1) is 54.4. The lowest BCUT2D eigenvalue weighted by atomic mass is 9.80. The molecule has 4 aromatic rings. The first-order valence-corrected chi connectivity index (χ1v) is 26.9. The molecule has 17 nitrogen and oxygen atoms in total. The van der Waals surface area contributed by atoms with Crippen molar-refractivity contribution in [2.45, 2.75) is 128 Å². The first-order valence-electron chi connectivity index (χ1n) is 24.8. The summed E-state index contributed by atoms with van der Waals surface area (Å²) in [6, 6.07) is 9.44. The number of aromatic nitrogens is 3. The van der Waals surface area contributed by atoms with E-state index in [0.717, 1.165) is 79.1 Å². The number of piperidine rings is 2. The number of likely N-dealkylation sites (tertiary alicyclic amines) is 2. The van der Waals surface area contributed by atoms with Crippen LogP contribution in [0, 0.1) is 23.7 Å². The van der Waals surface area contributed by atoms with Gasteiger partial charge in [-0.2, -0.15) is 0 Å². The topological polar surface area (TPSA) is 225 Å². The SMILES string of the molecule is CC(=O)N[C@H](C(=O)N1C[C@H](O)C[C@H]1C(=O)NCc1ccc(-c2scnc2C)cc1OCCCC1CCN(C(=O)CC(=O)Nc2cccc(Sc3cnc(N4CCC(C)(CN)CC4)cn3)c2Cl)CC1)C(C)(C)C. The van der Waals surface area contributed by atoms with Gasteiger partial charge in [-0.1, -0.05) is 69.3 Å². The van der Waals surface area contributed by atoms with Crippen molar-refractivity contribution < 1.29 is 33.8 Å². The molecule has 2 aromatic carbocycles. The van der Waals surface area contributed by atoms with Gasteiger partial charge in [0.1, 0.15) is 35.1 Å². The van der Waals surface area contributed by atoms with Gasteiger partial charge in [-0.25, -0.2) is 15.0 Å². The highest BCUT2D eigenvalue weighted by Crippen LogP contribution is 2.38. The number of rotatable bonds is 18. The average Bonchev–Trinajstić information content (AvgIpc) is 3.97. The van der Waals surface area contributed by atoms with E-state index in [4.69, 9.17) is 22.1 Å². The lowest BCUT2D eigenvalue weighted by Crippen LogP contribution is -2.57. The number of nitrogens with one attached hydrogen (secondary N) is 3. The zero-order valence-corrected chi connectivity index (χ0v) is 44.6. The molecule has 0 spiro atoms. The Balaban J connectivity index is 0.869. The van der Waals surface area contributed by atoms with Crippen molar-refractivity contribution in [1.29, 1.82) is 0 Å². The monoisotopic (exact) mass is 1040 g/mol. The van der Waals surface area contributed by atoms with Crippen LogP contribution in [0.4, 0.5) is 11.5 Å². The first-order chi connectivity index (χ1) is 34.3. The standard InChI is InChI=1S/C52H69ClN10O7S2/c1-32-47(71-31-58-32)35-12-13-36(26-57-49(68)39-24-37(65)29-63(39)50(69)48(51(3,4)5)59-33(2)64)40(23-35)70-22-8-9-34-14-18-62(19-15-34)45(67)25-43(66)60-38-10-7-11-41(46(38)53)72-44-28-55-42(27-56-44)61-20-16-52(6,30-54)17-21-61/h7,10-13,23,27-28,31,34,37,39,48,65H,8-9,14-22,24-26,29-30,54H2,1-6H3,(H,57,68)(H,59,64)(H,60,66)/t37-,39+,48-/m1/s1. The zero-order valence-electron chi connectivity index (χ0n) is 42.2. The van der Waals surface area contributed by atoms with Gasteiger partial charge in [0.15, 0.2) is 0 Å². The number of thiazole rings is 1. The van der Waals surface area contributed by atoms with Crippen molar-refractivity contribution in [3.8, 4) is 16.2 Å². The molecule has 6 N–H and O–H groups in total. The van der Waals surface area contributed by atoms with E-state index in [-0.39, 0.29) is 43.2 Å². The third-order valence-electron chi connectivity index (χ3n) is 14.0. The summed E-state index contributed by atoms with van der Waals surface area (Å²) in [5.41, 5.74) is 10.3. The smallest absolute Gasteiger partial charge is 0.246 e. The summed E-state index contributed by atoms with van der Waals surface area (Å²) in [6.07, 6.45) is 7.69. The molecule has 5 amide bonds. The minimum absolute atomic E-state index is 0.0118. The van der Waals surface area contributed by atoms with Crippen LogP contribution >= 0.6 is 34.7 Å². The van der Waals surface area contributed by atoms with Gasteiger partial charge in [0, 0.05) is 63.1 Å². The number of aryl methyl sites for hydroxylation is 1. The Bertz CT molecular complexity index is 2560. The molecule has 0 aliphatic carbocycles. The molecule has 3 atom stereocenters. The fourth-order valence-corrected chi connectivity index (χ4v) is 11.3. The van der Waals surface area contributed by atoms with Crippen molar-refractivity contribution in [3.05, 3.63) is 70.6 Å². The van der Waals surface area contributed by atoms with Crippen molar-refractivity contribution in [2.24, 2.45) is 22.5 Å². The molecule has 3 aliphatic heterocycles. The molecule has 0 bridgehead atoms. The van der Waals surface area contributed by atoms with E-state index in [1.807, 2.05) is 52.0 Å². The summed E-state index contributed by atoms with van der Waals surface area (Å²) in [7, 11) is 0. The van der Waals surface area contributed by atoms with Gasteiger partial charge in [-0.15, -0.1) is 11.3 Å². The van der Waals surface area contributed by atoms with E-state index in [1.165, 1.54) is 34.9 Å². The number of carbonyl (C=O) groups excluding carboxylic acids is 5. The Kier molecular flexibility index (Phi) is 18.2. The molecule has 20 heteroatoms. The molecule has 0 unspecified atom stereocenters. The molecule has 388 valence electrons. The third-order valence-corrected chi connectivity index (χ3v) is 16.5. The van der Waals surface area contributed by atoms with E-state index in [2.05, 4.69) is 42.7 Å². The van der Waals surface area contributed by atoms with Gasteiger partial charge in [0.05, 0.1) is 51.9 Å². The van der Waals surface area contributed by atoms with E-state index in [0.29, 0.717) is 58.5 Å². The number of β-amino-alcohol motifs (C(OH)–C–C–N with tert-alkyl or cyclic N) is 1. The second-order valence-electron chi connectivity index (χ2n) is 20.7. The highest BCUT2D eigenvalue weighted by Gasteiger charge is 2.44. The molecule has 2 aromatic heterocycles. The van der Waals surface area contributed by atoms with Crippen molar-refractivity contribution >= 4 is 75.7 Å². The Morgan fingerprint density at radius 3 is 2.44 bits per heavy atom. The van der Waals surface area contributed by atoms with Crippen LogP contribution in [0.5, 0.6) is 5.75 Å².